The predicted octanol–water partition coefficient (Wildman–Crippen LogP) is 6.79. The van der Waals surface area contributed by atoms with E-state index in [1.54, 1.807) is 0 Å². The van der Waals surface area contributed by atoms with E-state index in [4.69, 9.17) is 21.6 Å². The Kier molecular flexibility index (Phi) is 5.67. The van der Waals surface area contributed by atoms with Crippen LogP contribution in [-0.4, -0.2) is 16.0 Å². The smallest absolute Gasteiger partial charge is 0.227 e. The lowest BCUT2D eigenvalue weighted by Gasteiger charge is -2.56. The van der Waals surface area contributed by atoms with Crippen molar-refractivity contribution >= 4 is 40.0 Å². The van der Waals surface area contributed by atoms with Gasteiger partial charge in [0.15, 0.2) is 10.7 Å². The summed E-state index contributed by atoms with van der Waals surface area (Å²) in [5, 5.41) is 6.56. The molecule has 1 heterocycles. The second kappa shape index (κ2) is 8.74. The van der Waals surface area contributed by atoms with Crippen LogP contribution in [0.2, 0.25) is 0 Å². The van der Waals surface area contributed by atoms with Crippen LogP contribution in [0.1, 0.15) is 63.0 Å². The number of aryl methyl sites for hydroxylation is 2. The number of carbonyl (C=O) groups is 1. The molecule has 4 aliphatic rings. The molecule has 2 N–H and O–H groups in total. The highest BCUT2D eigenvalue weighted by atomic mass is 32.1. The van der Waals surface area contributed by atoms with Gasteiger partial charge in [-0.2, -0.15) is 0 Å². The average Bonchev–Trinajstić information content (AvgIpc) is 3.22. The third-order valence-electron chi connectivity index (χ3n) is 8.55. The van der Waals surface area contributed by atoms with Crippen LogP contribution in [0.5, 0.6) is 0 Å². The number of fused-ring (bicyclic) bond motifs is 1. The van der Waals surface area contributed by atoms with Crippen LogP contribution in [0.4, 0.5) is 5.69 Å². The van der Waals surface area contributed by atoms with E-state index in [1.165, 1.54) is 44.1 Å². The number of aromatic nitrogens is 1. The predicted molar refractivity (Wildman–Crippen MR) is 143 cm³/mol. The fourth-order valence-electron chi connectivity index (χ4n) is 7.38. The Hall–Kier alpha value is -2.73. The second-order valence-electron chi connectivity index (χ2n) is 11.3. The van der Waals surface area contributed by atoms with Crippen molar-refractivity contribution in [2.24, 2.45) is 23.2 Å². The number of oxazole rings is 1. The van der Waals surface area contributed by atoms with Crippen molar-refractivity contribution in [3.8, 4) is 11.5 Å². The first-order chi connectivity index (χ1) is 16.9. The van der Waals surface area contributed by atoms with Gasteiger partial charge in [-0.05, 0) is 123 Å². The number of hydrogen-bond donors (Lipinski definition) is 2. The van der Waals surface area contributed by atoms with Gasteiger partial charge in [-0.1, -0.05) is 19.1 Å². The van der Waals surface area contributed by atoms with Gasteiger partial charge in [-0.25, -0.2) is 4.98 Å². The fourth-order valence-corrected chi connectivity index (χ4v) is 7.60. The molecule has 3 aromatic rings. The van der Waals surface area contributed by atoms with Gasteiger partial charge in [0.25, 0.3) is 0 Å². The normalized spacial score (nSPS) is 26.7. The largest absolute Gasteiger partial charge is 0.436 e. The molecular formula is C29H33N3O2S. The molecule has 35 heavy (non-hydrogen) atoms. The molecule has 1 amide bonds. The maximum atomic E-state index is 13.0. The summed E-state index contributed by atoms with van der Waals surface area (Å²) in [5.41, 5.74) is 5.83. The zero-order chi connectivity index (χ0) is 24.2. The van der Waals surface area contributed by atoms with Crippen LogP contribution in [0.25, 0.3) is 22.6 Å². The average molecular weight is 488 g/mol. The fraction of sp³-hybridized carbons (Fsp3) is 0.483. The minimum Gasteiger partial charge on any atom is -0.436 e. The molecule has 182 valence electrons. The monoisotopic (exact) mass is 487 g/mol. The first kappa shape index (κ1) is 22.7. The van der Waals surface area contributed by atoms with E-state index in [2.05, 4.69) is 29.7 Å². The quantitative estimate of drug-likeness (QED) is 0.388. The van der Waals surface area contributed by atoms with Gasteiger partial charge in [0, 0.05) is 17.7 Å². The summed E-state index contributed by atoms with van der Waals surface area (Å²) < 4.78 is 6.01. The van der Waals surface area contributed by atoms with Gasteiger partial charge < -0.3 is 15.1 Å². The van der Waals surface area contributed by atoms with Crippen molar-refractivity contribution in [2.45, 2.75) is 65.2 Å². The van der Waals surface area contributed by atoms with Crippen molar-refractivity contribution in [3.63, 3.8) is 0 Å². The number of carbonyl (C=O) groups excluding carboxylic acids is 1. The van der Waals surface area contributed by atoms with E-state index < -0.39 is 0 Å². The molecule has 7 rings (SSSR count). The lowest BCUT2D eigenvalue weighted by Crippen LogP contribution is -2.48. The van der Waals surface area contributed by atoms with E-state index in [0.717, 1.165) is 52.1 Å². The lowest BCUT2D eigenvalue weighted by molar-refractivity contribution is -0.127. The van der Waals surface area contributed by atoms with E-state index in [0.29, 0.717) is 17.4 Å². The van der Waals surface area contributed by atoms with Gasteiger partial charge in [0.2, 0.25) is 11.8 Å². The minimum atomic E-state index is 0.0453. The number of rotatable bonds is 5. The molecule has 0 aliphatic heterocycles. The molecule has 4 aliphatic carbocycles. The van der Waals surface area contributed by atoms with Gasteiger partial charge in [0.05, 0.1) is 0 Å². The van der Waals surface area contributed by atoms with Gasteiger partial charge in [-0.3, -0.25) is 4.79 Å². The number of amides is 1. The van der Waals surface area contributed by atoms with Crippen LogP contribution >= 0.6 is 12.2 Å². The van der Waals surface area contributed by atoms with Crippen molar-refractivity contribution < 1.29 is 9.21 Å². The van der Waals surface area contributed by atoms with E-state index >= 15 is 0 Å². The molecule has 4 fully saturated rings. The van der Waals surface area contributed by atoms with Crippen molar-refractivity contribution in [3.05, 3.63) is 47.5 Å². The molecule has 2 aromatic carbocycles. The molecule has 6 heteroatoms. The Labute approximate surface area is 212 Å². The number of hydrogen-bond acceptors (Lipinski definition) is 4. The first-order valence-electron chi connectivity index (χ1n) is 13.0. The van der Waals surface area contributed by atoms with Crippen LogP contribution in [0, 0.1) is 30.1 Å². The minimum absolute atomic E-state index is 0.0453. The Morgan fingerprint density at radius 3 is 2.49 bits per heavy atom. The molecular weight excluding hydrogens is 454 g/mol. The van der Waals surface area contributed by atoms with Crippen LogP contribution < -0.4 is 10.6 Å². The highest BCUT2D eigenvalue weighted by Gasteiger charge is 2.51. The molecule has 0 atom stereocenters. The molecule has 0 unspecified atom stereocenters. The summed E-state index contributed by atoms with van der Waals surface area (Å²) in [6.45, 7) is 4.15. The van der Waals surface area contributed by atoms with Crippen molar-refractivity contribution in [1.82, 2.24) is 10.3 Å². The Bertz CT molecular complexity index is 1280. The summed E-state index contributed by atoms with van der Waals surface area (Å²) in [5.74, 6) is 3.14. The number of benzene rings is 2. The van der Waals surface area contributed by atoms with E-state index in [1.807, 2.05) is 31.2 Å². The zero-order valence-corrected chi connectivity index (χ0v) is 21.3. The summed E-state index contributed by atoms with van der Waals surface area (Å²) in [4.78, 5) is 17.7. The van der Waals surface area contributed by atoms with Gasteiger partial charge in [0.1, 0.15) is 5.52 Å². The Morgan fingerprint density at radius 1 is 1.09 bits per heavy atom. The third kappa shape index (κ3) is 4.49. The molecule has 0 spiro atoms. The maximum absolute atomic E-state index is 13.0. The van der Waals surface area contributed by atoms with Gasteiger partial charge in [-0.15, -0.1) is 0 Å². The Morgan fingerprint density at radius 2 is 1.80 bits per heavy atom. The molecule has 5 nitrogen and oxygen atoms in total. The molecule has 0 saturated heterocycles. The number of nitrogens with zero attached hydrogens (tertiary/aromatic N) is 1. The summed E-state index contributed by atoms with van der Waals surface area (Å²) >= 11 is 5.54. The zero-order valence-electron chi connectivity index (χ0n) is 20.5. The number of thiocarbonyl (C=S) groups is 1. The molecule has 4 bridgehead atoms. The van der Waals surface area contributed by atoms with E-state index in [-0.39, 0.29) is 11.3 Å². The third-order valence-corrected chi connectivity index (χ3v) is 8.75. The highest BCUT2D eigenvalue weighted by Crippen LogP contribution is 2.61. The van der Waals surface area contributed by atoms with Crippen LogP contribution in [0.15, 0.2) is 40.8 Å². The number of anilines is 1. The van der Waals surface area contributed by atoms with Crippen molar-refractivity contribution in [1.29, 1.82) is 0 Å². The lowest BCUT2D eigenvalue weighted by atomic mass is 9.49. The van der Waals surface area contributed by atoms with Gasteiger partial charge >= 0.3 is 0 Å². The molecule has 0 radical (unpaired) electrons. The summed E-state index contributed by atoms with van der Waals surface area (Å²) in [6, 6.07) is 12.1. The highest BCUT2D eigenvalue weighted by molar-refractivity contribution is 7.80. The standard InChI is InChI=1S/C29H33N3O2S/c1-3-18-5-7-25-24(11-18)30-27(34-25)22-6-4-17(2)23(12-22)31-28(35)32-26(33)16-29-13-19-8-20(14-29)10-21(9-19)15-29/h4-7,11-12,19-21H,3,8-10,13-16H2,1-2H3,(H2,31,32,33,35). The molecule has 1 aromatic heterocycles. The Balaban J connectivity index is 1.13. The van der Waals surface area contributed by atoms with Crippen LogP contribution in [0.3, 0.4) is 0 Å². The number of nitrogens with one attached hydrogen (secondary N) is 2. The SMILES string of the molecule is CCc1ccc2oc(-c3ccc(C)c(NC(=S)NC(=O)CC45CC6CC(CC(C6)C4)C5)c3)nc2c1. The topological polar surface area (TPSA) is 67.2 Å². The second-order valence-corrected chi connectivity index (χ2v) is 11.7. The summed E-state index contributed by atoms with van der Waals surface area (Å²) in [7, 11) is 0. The van der Waals surface area contributed by atoms with E-state index in [9.17, 15) is 4.79 Å². The van der Waals surface area contributed by atoms with Crippen molar-refractivity contribution in [2.75, 3.05) is 5.32 Å². The first-order valence-corrected chi connectivity index (χ1v) is 13.4. The maximum Gasteiger partial charge on any atom is 0.227 e. The summed E-state index contributed by atoms with van der Waals surface area (Å²) in [6.07, 6.45) is 9.37. The molecule has 4 saturated carbocycles. The van der Waals surface area contributed by atoms with Crippen LogP contribution in [-0.2, 0) is 11.2 Å².